The fourth-order valence-corrected chi connectivity index (χ4v) is 3.52. The predicted octanol–water partition coefficient (Wildman–Crippen LogP) is 5.23. The summed E-state index contributed by atoms with van der Waals surface area (Å²) in [6.45, 7) is 17.0. The van der Waals surface area contributed by atoms with Crippen molar-refractivity contribution in [2.24, 2.45) is 5.92 Å². The molecule has 1 aromatic heterocycles. The number of pyridine rings is 1. The highest BCUT2D eigenvalue weighted by Crippen LogP contribution is 2.37. The molecular formula is C25H38BNO3. The molecule has 4 rings (SSSR count). The lowest BCUT2D eigenvalue weighted by molar-refractivity contribution is 0.00578. The largest absolute Gasteiger partial charge is 0.494 e. The Morgan fingerprint density at radius 1 is 0.967 bits per heavy atom. The van der Waals surface area contributed by atoms with E-state index in [1.165, 1.54) is 5.56 Å². The van der Waals surface area contributed by atoms with Gasteiger partial charge in [-0.25, -0.2) is 0 Å². The van der Waals surface area contributed by atoms with Crippen LogP contribution in [0.2, 0.25) is 0 Å². The molecule has 0 bridgehead atoms. The van der Waals surface area contributed by atoms with Crippen LogP contribution in [0.15, 0.2) is 42.6 Å². The van der Waals surface area contributed by atoms with Gasteiger partial charge in [-0.05, 0) is 69.8 Å². The highest BCUT2D eigenvalue weighted by atomic mass is 16.7. The molecule has 0 amide bonds. The molecule has 0 N–H and O–H groups in total. The molecule has 2 aliphatic rings. The molecule has 30 heavy (non-hydrogen) atoms. The van der Waals surface area contributed by atoms with E-state index in [1.807, 2.05) is 46.0 Å². The van der Waals surface area contributed by atoms with Gasteiger partial charge in [-0.15, -0.1) is 0 Å². The summed E-state index contributed by atoms with van der Waals surface area (Å²) in [6.07, 6.45) is 3.80. The number of hydrogen-bond donors (Lipinski definition) is 0. The van der Waals surface area contributed by atoms with E-state index in [9.17, 15) is 0 Å². The van der Waals surface area contributed by atoms with E-state index in [0.717, 1.165) is 36.4 Å². The maximum Gasteiger partial charge on any atom is 0.494 e. The van der Waals surface area contributed by atoms with Crippen LogP contribution in [0.25, 0.3) is 0 Å². The first-order chi connectivity index (χ1) is 14.3. The van der Waals surface area contributed by atoms with Crippen LogP contribution in [0, 0.1) is 5.92 Å². The summed E-state index contributed by atoms with van der Waals surface area (Å²) in [4.78, 5) is 4.43. The van der Waals surface area contributed by atoms with Crippen molar-refractivity contribution in [3.63, 3.8) is 0 Å². The number of ether oxygens (including phenoxy) is 1. The van der Waals surface area contributed by atoms with Crippen LogP contribution >= 0.6 is 0 Å². The van der Waals surface area contributed by atoms with Crippen molar-refractivity contribution in [1.82, 2.24) is 4.98 Å². The van der Waals surface area contributed by atoms with Gasteiger partial charge in [0, 0.05) is 17.8 Å². The fraction of sp³-hybridized carbons (Fsp3) is 0.560. The van der Waals surface area contributed by atoms with Gasteiger partial charge in [0.05, 0.1) is 17.8 Å². The molecule has 1 saturated heterocycles. The smallest absolute Gasteiger partial charge is 0.493 e. The zero-order valence-corrected chi connectivity index (χ0v) is 20.0. The highest BCUT2D eigenvalue weighted by molar-refractivity contribution is 6.62. The minimum atomic E-state index is -0.347. The molecule has 4 nitrogen and oxygen atoms in total. The van der Waals surface area contributed by atoms with E-state index in [2.05, 4.69) is 56.9 Å². The molecule has 1 fully saturated rings. The number of aromatic nitrogens is 1. The van der Waals surface area contributed by atoms with Gasteiger partial charge in [-0.1, -0.05) is 45.9 Å². The van der Waals surface area contributed by atoms with E-state index in [1.54, 1.807) is 0 Å². The highest BCUT2D eigenvalue weighted by Gasteiger charge is 2.51. The lowest BCUT2D eigenvalue weighted by atomic mass is 9.78. The van der Waals surface area contributed by atoms with Crippen LogP contribution in [0.4, 0.5) is 0 Å². The van der Waals surface area contributed by atoms with Crippen molar-refractivity contribution < 1.29 is 14.0 Å². The Hall–Kier alpha value is -1.85. The number of nitrogens with zero attached hydrogens (tertiary/aromatic N) is 1. The van der Waals surface area contributed by atoms with Crippen LogP contribution in [-0.4, -0.2) is 29.9 Å². The topological polar surface area (TPSA) is 40.6 Å². The van der Waals surface area contributed by atoms with E-state index in [-0.39, 0.29) is 18.3 Å². The van der Waals surface area contributed by atoms with E-state index in [4.69, 9.17) is 14.0 Å². The molecule has 0 unspecified atom stereocenters. The van der Waals surface area contributed by atoms with Gasteiger partial charge < -0.3 is 14.0 Å². The molecule has 0 radical (unpaired) electrons. The van der Waals surface area contributed by atoms with Gasteiger partial charge in [-0.2, -0.15) is 0 Å². The fourth-order valence-electron chi connectivity index (χ4n) is 3.52. The molecule has 3 heterocycles. The van der Waals surface area contributed by atoms with Crippen LogP contribution in [0.3, 0.4) is 0 Å². The molecule has 1 aromatic carbocycles. The van der Waals surface area contributed by atoms with Crippen molar-refractivity contribution in [2.75, 3.05) is 6.61 Å². The number of rotatable bonds is 3. The first kappa shape index (κ1) is 24.4. The third kappa shape index (κ3) is 5.44. The number of fused-ring (bicyclic) bond motifs is 1. The predicted molar refractivity (Wildman–Crippen MR) is 125 cm³/mol. The minimum absolute atomic E-state index is 0.331. The summed E-state index contributed by atoms with van der Waals surface area (Å²) in [6, 6.07) is 12.4. The zero-order chi connectivity index (χ0) is 22.4. The van der Waals surface area contributed by atoms with Crippen LogP contribution < -0.4 is 10.2 Å². The van der Waals surface area contributed by atoms with Gasteiger partial charge >= 0.3 is 7.12 Å². The standard InChI is InChI=1S/C21H26BNO3.2C2H6/c1-20(2)21(3,4)26-22(25-20)17-9-8-16-11-15(14-24-19(16)13-17)12-18-7-5-6-10-23-18;2*1-2/h5-10,13,15H,11-12,14H2,1-4H3;2*1-2H3/t15-;;/m0../s1. The second-order valence-electron chi connectivity index (χ2n) is 8.36. The average Bonchev–Trinajstić information content (AvgIpc) is 2.98. The normalized spacial score (nSPS) is 20.7. The summed E-state index contributed by atoms with van der Waals surface area (Å²) >= 11 is 0. The second-order valence-corrected chi connectivity index (χ2v) is 8.36. The summed E-state index contributed by atoms with van der Waals surface area (Å²) in [5, 5.41) is 0. The van der Waals surface area contributed by atoms with Gasteiger partial charge in [0.15, 0.2) is 0 Å². The summed E-state index contributed by atoms with van der Waals surface area (Å²) in [5.74, 6) is 1.41. The SMILES string of the molecule is CC.CC.CC1(C)OB(c2ccc3c(c2)OC[C@H](Cc2ccccn2)C3)OC1(C)C. The van der Waals surface area contributed by atoms with Gasteiger partial charge in [0.25, 0.3) is 0 Å². The average molecular weight is 411 g/mol. The first-order valence-electron chi connectivity index (χ1n) is 11.4. The molecule has 2 aliphatic heterocycles. The molecule has 1 atom stereocenters. The van der Waals surface area contributed by atoms with E-state index in [0.29, 0.717) is 5.92 Å². The van der Waals surface area contributed by atoms with Gasteiger partial charge in [0.2, 0.25) is 0 Å². The monoisotopic (exact) mass is 411 g/mol. The molecular weight excluding hydrogens is 373 g/mol. The molecule has 0 aliphatic carbocycles. The lowest BCUT2D eigenvalue weighted by Gasteiger charge is -2.32. The Labute approximate surface area is 183 Å². The van der Waals surface area contributed by atoms with Crippen LogP contribution in [0.5, 0.6) is 5.75 Å². The Bertz CT molecular complexity index is 776. The Morgan fingerprint density at radius 2 is 1.63 bits per heavy atom. The Kier molecular flexibility index (Phi) is 8.51. The summed E-state index contributed by atoms with van der Waals surface area (Å²) in [7, 11) is -0.347. The van der Waals surface area contributed by atoms with Gasteiger partial charge in [-0.3, -0.25) is 4.98 Å². The van der Waals surface area contributed by atoms with Crippen molar-refractivity contribution in [2.45, 2.75) is 79.4 Å². The quantitative estimate of drug-likeness (QED) is 0.649. The minimum Gasteiger partial charge on any atom is -0.493 e. The Morgan fingerprint density at radius 3 is 2.23 bits per heavy atom. The molecule has 5 heteroatoms. The van der Waals surface area contributed by atoms with Crippen molar-refractivity contribution in [1.29, 1.82) is 0 Å². The third-order valence-electron chi connectivity index (χ3n) is 5.82. The molecule has 0 saturated carbocycles. The first-order valence-corrected chi connectivity index (χ1v) is 11.4. The van der Waals surface area contributed by atoms with Crippen LogP contribution in [0.1, 0.15) is 66.6 Å². The third-order valence-corrected chi connectivity index (χ3v) is 5.82. The van der Waals surface area contributed by atoms with Crippen molar-refractivity contribution >= 4 is 12.6 Å². The lowest BCUT2D eigenvalue weighted by Crippen LogP contribution is -2.41. The van der Waals surface area contributed by atoms with E-state index >= 15 is 0 Å². The van der Waals surface area contributed by atoms with Crippen molar-refractivity contribution in [3.8, 4) is 5.75 Å². The van der Waals surface area contributed by atoms with Gasteiger partial charge in [0.1, 0.15) is 5.75 Å². The number of hydrogen-bond acceptors (Lipinski definition) is 4. The second kappa shape index (κ2) is 10.5. The van der Waals surface area contributed by atoms with E-state index < -0.39 is 0 Å². The molecule has 164 valence electrons. The molecule has 0 spiro atoms. The molecule has 2 aromatic rings. The summed E-state index contributed by atoms with van der Waals surface area (Å²) in [5.41, 5.74) is 2.73. The number of benzene rings is 1. The zero-order valence-electron chi connectivity index (χ0n) is 20.0. The van der Waals surface area contributed by atoms with Crippen molar-refractivity contribution in [3.05, 3.63) is 53.9 Å². The maximum absolute atomic E-state index is 6.16. The Balaban J connectivity index is 0.000000757. The maximum atomic E-state index is 6.16. The summed E-state index contributed by atoms with van der Waals surface area (Å²) < 4.78 is 18.4. The van der Waals surface area contributed by atoms with Crippen LogP contribution in [-0.2, 0) is 22.2 Å².